The summed E-state index contributed by atoms with van der Waals surface area (Å²) in [7, 11) is 3.24. The highest BCUT2D eigenvalue weighted by molar-refractivity contribution is 9.10. The Hall–Kier alpha value is -1.27. The molecule has 1 amide bonds. The second-order valence-corrected chi connectivity index (χ2v) is 5.59. The molecule has 1 aromatic carbocycles. The van der Waals surface area contributed by atoms with Crippen molar-refractivity contribution in [3.05, 3.63) is 22.2 Å². The van der Waals surface area contributed by atoms with Gasteiger partial charge in [-0.05, 0) is 40.0 Å². The minimum absolute atomic E-state index is 0.136. The summed E-state index contributed by atoms with van der Waals surface area (Å²) in [5.74, 6) is 1.54. The summed E-state index contributed by atoms with van der Waals surface area (Å²) in [4.78, 5) is 11.1. The first-order chi connectivity index (χ1) is 9.63. The first-order valence-corrected chi connectivity index (χ1v) is 7.33. The van der Waals surface area contributed by atoms with Crippen molar-refractivity contribution in [3.63, 3.8) is 0 Å². The van der Waals surface area contributed by atoms with Crippen LogP contribution in [-0.2, 0) is 11.3 Å². The molecule has 110 valence electrons. The Labute approximate surface area is 127 Å². The van der Waals surface area contributed by atoms with Gasteiger partial charge in [0, 0.05) is 25.6 Å². The third-order valence-corrected chi connectivity index (χ3v) is 3.94. The molecule has 0 bridgehead atoms. The van der Waals surface area contributed by atoms with Crippen LogP contribution in [0.25, 0.3) is 0 Å². The van der Waals surface area contributed by atoms with Crippen LogP contribution in [0.5, 0.6) is 11.5 Å². The Balaban J connectivity index is 1.99. The highest BCUT2D eigenvalue weighted by Crippen LogP contribution is 2.36. The van der Waals surface area contributed by atoms with Gasteiger partial charge in [0.25, 0.3) is 0 Å². The topological polar surface area (TPSA) is 59.6 Å². The van der Waals surface area contributed by atoms with Crippen molar-refractivity contribution in [2.75, 3.05) is 20.8 Å². The Morgan fingerprint density at radius 2 is 2.20 bits per heavy atom. The lowest BCUT2D eigenvalue weighted by atomic mass is 10.1. The molecule has 0 spiro atoms. The van der Waals surface area contributed by atoms with E-state index < -0.39 is 0 Å². The van der Waals surface area contributed by atoms with Crippen molar-refractivity contribution in [3.8, 4) is 11.5 Å². The number of carbonyl (C=O) groups is 1. The summed E-state index contributed by atoms with van der Waals surface area (Å²) in [5.41, 5.74) is 1.10. The van der Waals surface area contributed by atoms with E-state index in [9.17, 15) is 4.79 Å². The predicted molar refractivity (Wildman–Crippen MR) is 80.1 cm³/mol. The predicted octanol–water partition coefficient (Wildman–Crippen LogP) is 1.83. The van der Waals surface area contributed by atoms with E-state index in [-0.39, 0.29) is 5.91 Å². The summed E-state index contributed by atoms with van der Waals surface area (Å²) < 4.78 is 11.5. The van der Waals surface area contributed by atoms with Crippen LogP contribution in [0.3, 0.4) is 0 Å². The lowest BCUT2D eigenvalue weighted by Crippen LogP contribution is -2.45. The SMILES string of the molecule is COc1cc(CNC2CCC(=O)NC2)cc(Br)c1OC. The molecule has 1 aliphatic heterocycles. The number of carbonyl (C=O) groups excluding carboxylic acids is 1. The zero-order valence-corrected chi connectivity index (χ0v) is 13.2. The van der Waals surface area contributed by atoms with Gasteiger partial charge in [-0.1, -0.05) is 0 Å². The quantitative estimate of drug-likeness (QED) is 0.857. The number of nitrogens with one attached hydrogen (secondary N) is 2. The van der Waals surface area contributed by atoms with Crippen LogP contribution >= 0.6 is 15.9 Å². The fourth-order valence-corrected chi connectivity index (χ4v) is 2.89. The number of halogens is 1. The highest BCUT2D eigenvalue weighted by Gasteiger charge is 2.17. The van der Waals surface area contributed by atoms with Crippen LogP contribution in [0.2, 0.25) is 0 Å². The molecule has 1 fully saturated rings. The third-order valence-electron chi connectivity index (χ3n) is 3.35. The van der Waals surface area contributed by atoms with Crippen molar-refractivity contribution in [1.82, 2.24) is 10.6 Å². The van der Waals surface area contributed by atoms with E-state index in [2.05, 4.69) is 26.6 Å². The second-order valence-electron chi connectivity index (χ2n) is 4.73. The smallest absolute Gasteiger partial charge is 0.220 e. The summed E-state index contributed by atoms with van der Waals surface area (Å²) in [6.45, 7) is 1.41. The molecule has 1 aliphatic rings. The second kappa shape index (κ2) is 6.95. The fourth-order valence-electron chi connectivity index (χ4n) is 2.24. The lowest BCUT2D eigenvalue weighted by Gasteiger charge is -2.23. The molecule has 6 heteroatoms. The Bertz CT molecular complexity index is 484. The van der Waals surface area contributed by atoms with Crippen LogP contribution in [0, 0.1) is 0 Å². The van der Waals surface area contributed by atoms with Crippen LogP contribution in [-0.4, -0.2) is 32.7 Å². The number of piperidine rings is 1. The maximum absolute atomic E-state index is 11.1. The lowest BCUT2D eigenvalue weighted by molar-refractivity contribution is -0.122. The summed E-state index contributed by atoms with van der Waals surface area (Å²) in [6, 6.07) is 4.29. The van der Waals surface area contributed by atoms with E-state index in [1.54, 1.807) is 14.2 Å². The van der Waals surface area contributed by atoms with Crippen molar-refractivity contribution in [1.29, 1.82) is 0 Å². The molecule has 2 N–H and O–H groups in total. The molecule has 0 aliphatic carbocycles. The average Bonchev–Trinajstić information content (AvgIpc) is 2.46. The molecule has 5 nitrogen and oxygen atoms in total. The number of rotatable bonds is 5. The van der Waals surface area contributed by atoms with Gasteiger partial charge in [-0.15, -0.1) is 0 Å². The van der Waals surface area contributed by atoms with Gasteiger partial charge in [0.1, 0.15) is 0 Å². The third kappa shape index (κ3) is 3.64. The van der Waals surface area contributed by atoms with Crippen molar-refractivity contribution in [2.45, 2.75) is 25.4 Å². The molecule has 1 aromatic rings. The molecule has 1 atom stereocenters. The first kappa shape index (κ1) is 15.1. The minimum Gasteiger partial charge on any atom is -0.493 e. The van der Waals surface area contributed by atoms with Gasteiger partial charge in [-0.2, -0.15) is 0 Å². The van der Waals surface area contributed by atoms with Gasteiger partial charge in [0.05, 0.1) is 18.7 Å². The van der Waals surface area contributed by atoms with Crippen LogP contribution in [0.4, 0.5) is 0 Å². The van der Waals surface area contributed by atoms with E-state index in [0.717, 1.165) is 23.0 Å². The number of methoxy groups -OCH3 is 2. The van der Waals surface area contributed by atoms with E-state index in [4.69, 9.17) is 9.47 Å². The summed E-state index contributed by atoms with van der Waals surface area (Å²) in [5, 5.41) is 6.31. The van der Waals surface area contributed by atoms with Crippen LogP contribution in [0.15, 0.2) is 16.6 Å². The summed E-state index contributed by atoms with van der Waals surface area (Å²) >= 11 is 3.48. The van der Waals surface area contributed by atoms with Crippen molar-refractivity contribution < 1.29 is 14.3 Å². The van der Waals surface area contributed by atoms with E-state index >= 15 is 0 Å². The minimum atomic E-state index is 0.136. The molecule has 0 saturated carbocycles. The van der Waals surface area contributed by atoms with Gasteiger partial charge >= 0.3 is 0 Å². The van der Waals surface area contributed by atoms with Gasteiger partial charge in [0.2, 0.25) is 5.91 Å². The van der Waals surface area contributed by atoms with Crippen LogP contribution < -0.4 is 20.1 Å². The van der Waals surface area contributed by atoms with Gasteiger partial charge in [-0.25, -0.2) is 0 Å². The highest BCUT2D eigenvalue weighted by atomic mass is 79.9. The number of ether oxygens (including phenoxy) is 2. The Morgan fingerprint density at radius 3 is 2.80 bits per heavy atom. The number of benzene rings is 1. The monoisotopic (exact) mass is 342 g/mol. The fraction of sp³-hybridized carbons (Fsp3) is 0.500. The van der Waals surface area contributed by atoms with E-state index in [1.807, 2.05) is 12.1 Å². The molecule has 0 aromatic heterocycles. The number of amides is 1. The number of hydrogen-bond acceptors (Lipinski definition) is 4. The largest absolute Gasteiger partial charge is 0.493 e. The van der Waals surface area contributed by atoms with Gasteiger partial charge in [0.15, 0.2) is 11.5 Å². The molecule has 0 radical (unpaired) electrons. The molecule has 2 rings (SSSR count). The van der Waals surface area contributed by atoms with E-state index in [0.29, 0.717) is 30.5 Å². The zero-order chi connectivity index (χ0) is 14.5. The average molecular weight is 343 g/mol. The van der Waals surface area contributed by atoms with Crippen molar-refractivity contribution >= 4 is 21.8 Å². The molecule has 1 heterocycles. The normalized spacial score (nSPS) is 18.6. The van der Waals surface area contributed by atoms with Crippen LogP contribution in [0.1, 0.15) is 18.4 Å². The maximum atomic E-state index is 11.1. The summed E-state index contributed by atoms with van der Waals surface area (Å²) in [6.07, 6.45) is 1.47. The molecular weight excluding hydrogens is 324 g/mol. The Morgan fingerprint density at radius 1 is 1.40 bits per heavy atom. The molecular formula is C14H19BrN2O3. The molecule has 20 heavy (non-hydrogen) atoms. The Kier molecular flexibility index (Phi) is 5.25. The number of hydrogen-bond donors (Lipinski definition) is 2. The zero-order valence-electron chi connectivity index (χ0n) is 11.7. The van der Waals surface area contributed by atoms with E-state index in [1.165, 1.54) is 0 Å². The first-order valence-electron chi connectivity index (χ1n) is 6.54. The van der Waals surface area contributed by atoms with Gasteiger partial charge in [-0.3, -0.25) is 4.79 Å². The van der Waals surface area contributed by atoms with Gasteiger partial charge < -0.3 is 20.1 Å². The standard InChI is InChI=1S/C14H19BrN2O3/c1-19-12-6-9(5-11(15)14(12)20-2)7-16-10-3-4-13(18)17-8-10/h5-6,10,16H,3-4,7-8H2,1-2H3,(H,17,18). The maximum Gasteiger partial charge on any atom is 0.220 e. The van der Waals surface area contributed by atoms with Crippen molar-refractivity contribution in [2.24, 2.45) is 0 Å². The molecule has 1 unspecified atom stereocenters. The molecule has 1 saturated heterocycles.